The number of rotatable bonds is 11. The summed E-state index contributed by atoms with van der Waals surface area (Å²) in [6.45, 7) is 7.20. The molecule has 2 aliphatic rings. The molecule has 204 valence electrons. The molecule has 10 heteroatoms. The van der Waals surface area contributed by atoms with E-state index in [2.05, 4.69) is 53.9 Å². The van der Waals surface area contributed by atoms with Crippen LogP contribution in [0.3, 0.4) is 0 Å². The second-order valence-corrected chi connectivity index (χ2v) is 10.2. The first-order chi connectivity index (χ1) is 17.8. The number of carbonyl (C=O) groups is 1. The van der Waals surface area contributed by atoms with Crippen LogP contribution in [0.15, 0.2) is 53.3 Å². The molecule has 37 heavy (non-hydrogen) atoms. The minimum absolute atomic E-state index is 0.00950. The van der Waals surface area contributed by atoms with Crippen LogP contribution in [0.5, 0.6) is 0 Å². The smallest absolute Gasteiger partial charge is 0.273 e. The number of thiocarbonyl (C=S) groups is 1. The van der Waals surface area contributed by atoms with Crippen molar-refractivity contribution in [2.24, 2.45) is 17.6 Å². The third kappa shape index (κ3) is 7.52. The highest BCUT2D eigenvalue weighted by molar-refractivity contribution is 7.80. The summed E-state index contributed by atoms with van der Waals surface area (Å²) in [6.07, 6.45) is 4.18. The van der Waals surface area contributed by atoms with Gasteiger partial charge >= 0.3 is 0 Å². The van der Waals surface area contributed by atoms with Gasteiger partial charge in [0.05, 0.1) is 5.57 Å². The molecule has 3 rings (SSSR count). The van der Waals surface area contributed by atoms with E-state index in [1.54, 1.807) is 14.2 Å². The van der Waals surface area contributed by atoms with Crippen LogP contribution in [-0.4, -0.2) is 62.4 Å². The molecule has 4 N–H and O–H groups in total. The van der Waals surface area contributed by atoms with Gasteiger partial charge in [0.15, 0.2) is 11.9 Å². The van der Waals surface area contributed by atoms with Crippen LogP contribution in [0.4, 0.5) is 0 Å². The van der Waals surface area contributed by atoms with E-state index in [0.717, 1.165) is 38.0 Å². The maximum Gasteiger partial charge on any atom is 0.273 e. The highest BCUT2D eigenvalue weighted by Crippen LogP contribution is 2.48. The molecule has 0 spiro atoms. The predicted molar refractivity (Wildman–Crippen MR) is 146 cm³/mol. The number of methoxy groups -OCH3 is 2. The monoisotopic (exact) mass is 532 g/mol. The van der Waals surface area contributed by atoms with E-state index in [-0.39, 0.29) is 30.5 Å². The lowest BCUT2D eigenvalue weighted by Gasteiger charge is -2.48. The Morgan fingerprint density at radius 3 is 2.41 bits per heavy atom. The topological polar surface area (TPSA) is 107 Å². The number of nitrogens with zero attached hydrogens (tertiary/aromatic N) is 1. The minimum Gasteiger partial charge on any atom is -0.471 e. The second-order valence-electron chi connectivity index (χ2n) is 9.74. The van der Waals surface area contributed by atoms with Crippen LogP contribution in [0, 0.1) is 11.8 Å². The summed E-state index contributed by atoms with van der Waals surface area (Å²) >= 11 is 4.83. The van der Waals surface area contributed by atoms with Crippen molar-refractivity contribution < 1.29 is 23.7 Å². The number of likely N-dealkylation sites (tertiary alicyclic amines) is 1. The normalized spacial score (nSPS) is 21.1. The molecule has 1 aromatic rings. The number of hydrazine groups is 1. The Morgan fingerprint density at radius 2 is 1.81 bits per heavy atom. The Morgan fingerprint density at radius 1 is 1.14 bits per heavy atom. The Balaban J connectivity index is 1.90. The van der Waals surface area contributed by atoms with Gasteiger partial charge in [0.2, 0.25) is 0 Å². The third-order valence-electron chi connectivity index (χ3n) is 6.96. The van der Waals surface area contributed by atoms with Crippen molar-refractivity contribution in [3.8, 4) is 0 Å². The second kappa shape index (κ2) is 13.9. The van der Waals surface area contributed by atoms with Gasteiger partial charge < -0.3 is 24.7 Å². The number of nitrogens with two attached hydrogens (primary N) is 1. The highest BCUT2D eigenvalue weighted by Gasteiger charge is 2.49. The third-order valence-corrected chi connectivity index (χ3v) is 7.06. The zero-order chi connectivity index (χ0) is 26.8. The highest BCUT2D eigenvalue weighted by atomic mass is 32.1. The van der Waals surface area contributed by atoms with E-state index < -0.39 is 11.5 Å². The number of amides is 1. The summed E-state index contributed by atoms with van der Waals surface area (Å²) in [7, 11) is 3.17. The fraction of sp³-hybridized carbons (Fsp3) is 0.556. The van der Waals surface area contributed by atoms with Crippen LogP contribution >= 0.6 is 12.2 Å². The molecule has 1 aromatic carbocycles. The van der Waals surface area contributed by atoms with E-state index in [0.29, 0.717) is 17.8 Å². The van der Waals surface area contributed by atoms with E-state index in [1.165, 1.54) is 5.56 Å². The molecular formula is C27H40N4O5S. The van der Waals surface area contributed by atoms with Gasteiger partial charge in [-0.25, -0.2) is 0 Å². The number of carbonyl (C=O) groups excluding carboxylic acids is 1. The van der Waals surface area contributed by atoms with Crippen LogP contribution < -0.4 is 16.6 Å². The fourth-order valence-corrected chi connectivity index (χ4v) is 5.33. The average Bonchev–Trinajstić information content (AvgIpc) is 2.90. The van der Waals surface area contributed by atoms with Gasteiger partial charge in [0, 0.05) is 27.2 Å². The first kappa shape index (κ1) is 29.1. The van der Waals surface area contributed by atoms with Crippen molar-refractivity contribution >= 4 is 23.2 Å². The van der Waals surface area contributed by atoms with Crippen LogP contribution in [0.1, 0.15) is 38.7 Å². The number of nitrogens with one attached hydrogen (secondary N) is 2. The quantitative estimate of drug-likeness (QED) is 0.225. The van der Waals surface area contributed by atoms with Gasteiger partial charge in [-0.05, 0) is 67.2 Å². The van der Waals surface area contributed by atoms with Gasteiger partial charge in [0.1, 0.15) is 18.2 Å². The zero-order valence-corrected chi connectivity index (χ0v) is 23.1. The molecule has 1 aliphatic heterocycles. The Hall–Kier alpha value is -2.50. The molecule has 1 unspecified atom stereocenters. The molecule has 1 fully saturated rings. The van der Waals surface area contributed by atoms with Crippen molar-refractivity contribution in [3.05, 3.63) is 58.9 Å². The summed E-state index contributed by atoms with van der Waals surface area (Å²) < 4.78 is 23.1. The van der Waals surface area contributed by atoms with Gasteiger partial charge in [-0.1, -0.05) is 44.2 Å². The maximum atomic E-state index is 13.1. The first-order valence-corrected chi connectivity index (χ1v) is 13.0. The molecule has 9 nitrogen and oxygen atoms in total. The number of ether oxygens (including phenoxy) is 4. The maximum absolute atomic E-state index is 13.1. The summed E-state index contributed by atoms with van der Waals surface area (Å²) in [5.74, 6) is 0.435. The standard InChI is InChI=1S/C27H40N4O5S/c1-19(2)23-14-22(25(32)29-30-26(28)37)24(35-17-33-3)15-27(23,36-18-34-4)21-10-12-31(13-11-21)16-20-8-6-5-7-9-20/h5-9,14,19,21H,10-13,15-18H2,1-4H3,(H,29,32)(H3,28,30,37). The molecule has 0 aromatic heterocycles. The molecule has 1 heterocycles. The lowest BCUT2D eigenvalue weighted by atomic mass is 9.67. The van der Waals surface area contributed by atoms with E-state index >= 15 is 0 Å². The van der Waals surface area contributed by atoms with E-state index in [4.69, 9.17) is 36.9 Å². The molecule has 0 saturated carbocycles. The van der Waals surface area contributed by atoms with Crippen molar-refractivity contribution in [1.29, 1.82) is 0 Å². The SMILES string of the molecule is COCOC1=C(C(=O)NNC(N)=S)C=C(C(C)C)C(OCOC)(C2CCN(Cc3ccccc3)CC2)C1. The van der Waals surface area contributed by atoms with E-state index in [1.807, 2.05) is 12.1 Å². The predicted octanol–water partition coefficient (Wildman–Crippen LogP) is 2.98. The Labute approximate surface area is 225 Å². The summed E-state index contributed by atoms with van der Waals surface area (Å²) in [4.78, 5) is 15.6. The van der Waals surface area contributed by atoms with Crippen molar-refractivity contribution in [3.63, 3.8) is 0 Å². The molecule has 0 bridgehead atoms. The Kier molecular flexibility index (Phi) is 10.9. The number of hydrogen-bond donors (Lipinski definition) is 3. The van der Waals surface area contributed by atoms with Gasteiger partial charge in [-0.15, -0.1) is 0 Å². The summed E-state index contributed by atoms with van der Waals surface area (Å²) in [5, 5.41) is -0.0304. The van der Waals surface area contributed by atoms with Crippen LogP contribution in [-0.2, 0) is 30.3 Å². The molecule has 1 saturated heterocycles. The zero-order valence-electron chi connectivity index (χ0n) is 22.2. The average molecular weight is 533 g/mol. The van der Waals surface area contributed by atoms with Gasteiger partial charge in [-0.2, -0.15) is 0 Å². The number of hydrogen-bond acceptors (Lipinski definition) is 7. The van der Waals surface area contributed by atoms with Crippen molar-refractivity contribution in [2.75, 3.05) is 40.9 Å². The lowest BCUT2D eigenvalue weighted by Crippen LogP contribution is -2.52. The summed E-state index contributed by atoms with van der Waals surface area (Å²) in [5.41, 5.74) is 12.6. The first-order valence-electron chi connectivity index (χ1n) is 12.6. The number of benzene rings is 1. The summed E-state index contributed by atoms with van der Waals surface area (Å²) in [6, 6.07) is 10.5. The molecule has 0 radical (unpaired) electrons. The molecular weight excluding hydrogens is 492 g/mol. The molecule has 1 amide bonds. The van der Waals surface area contributed by atoms with Crippen molar-refractivity contribution in [1.82, 2.24) is 15.8 Å². The lowest BCUT2D eigenvalue weighted by molar-refractivity contribution is -0.155. The van der Waals surface area contributed by atoms with Crippen molar-refractivity contribution in [2.45, 2.75) is 45.3 Å². The van der Waals surface area contributed by atoms with Crippen LogP contribution in [0.25, 0.3) is 0 Å². The largest absolute Gasteiger partial charge is 0.471 e. The van der Waals surface area contributed by atoms with Gasteiger partial charge in [-0.3, -0.25) is 20.5 Å². The minimum atomic E-state index is -0.674. The number of piperidine rings is 1. The molecule has 1 aliphatic carbocycles. The van der Waals surface area contributed by atoms with Crippen LogP contribution in [0.2, 0.25) is 0 Å². The Bertz CT molecular complexity index is 976. The fourth-order valence-electron chi connectivity index (χ4n) is 5.28. The van der Waals surface area contributed by atoms with E-state index in [9.17, 15) is 4.79 Å². The molecule has 1 atom stereocenters. The van der Waals surface area contributed by atoms with Gasteiger partial charge in [0.25, 0.3) is 5.91 Å².